The first-order valence-corrected chi connectivity index (χ1v) is 10.5. The van der Waals surface area contributed by atoms with Crippen LogP contribution in [0.4, 0.5) is 0 Å². The SMILES string of the molecule is Cc1noc2nc(-c3ccccc3)cc(C(=O)NNC(=O)Cc3cccc4ccccc34)c12. The minimum Gasteiger partial charge on any atom is -0.335 e. The Bertz CT molecular complexity index is 1490. The summed E-state index contributed by atoms with van der Waals surface area (Å²) in [4.78, 5) is 30.1. The molecule has 0 saturated carbocycles. The zero-order valence-corrected chi connectivity index (χ0v) is 17.8. The van der Waals surface area contributed by atoms with Crippen molar-refractivity contribution >= 4 is 33.7 Å². The Morgan fingerprint density at radius 3 is 2.52 bits per heavy atom. The van der Waals surface area contributed by atoms with Gasteiger partial charge in [-0.2, -0.15) is 0 Å². The first-order valence-electron chi connectivity index (χ1n) is 10.5. The number of aryl methyl sites for hydroxylation is 1. The van der Waals surface area contributed by atoms with E-state index < -0.39 is 5.91 Å². The number of carbonyl (C=O) groups is 2. The topological polar surface area (TPSA) is 97.1 Å². The number of pyridine rings is 1. The highest BCUT2D eigenvalue weighted by molar-refractivity contribution is 6.07. The third kappa shape index (κ3) is 4.04. The summed E-state index contributed by atoms with van der Waals surface area (Å²) in [7, 11) is 0. The van der Waals surface area contributed by atoms with Crippen LogP contribution in [-0.4, -0.2) is 22.0 Å². The maximum Gasteiger partial charge on any atom is 0.270 e. The van der Waals surface area contributed by atoms with E-state index in [1.807, 2.05) is 72.8 Å². The summed E-state index contributed by atoms with van der Waals surface area (Å²) in [6, 6.07) is 24.8. The standard InChI is InChI=1S/C26H20N4O3/c1-16-24-21(15-22(27-26(24)33-30-16)18-9-3-2-4-10-18)25(32)29-28-23(31)14-19-12-7-11-17-8-5-6-13-20(17)19/h2-13,15H,14H2,1H3,(H,28,31)(H,29,32). The van der Waals surface area contributed by atoms with E-state index in [2.05, 4.69) is 21.0 Å². The van der Waals surface area contributed by atoms with E-state index in [0.717, 1.165) is 21.9 Å². The average Bonchev–Trinajstić information content (AvgIpc) is 3.23. The first-order chi connectivity index (χ1) is 16.1. The van der Waals surface area contributed by atoms with Crippen molar-refractivity contribution in [1.29, 1.82) is 0 Å². The fourth-order valence-corrected chi connectivity index (χ4v) is 3.89. The maximum absolute atomic E-state index is 13.0. The van der Waals surface area contributed by atoms with Gasteiger partial charge in [0.25, 0.3) is 11.6 Å². The van der Waals surface area contributed by atoms with Gasteiger partial charge in [-0.05, 0) is 29.3 Å². The quantitative estimate of drug-likeness (QED) is 0.408. The largest absolute Gasteiger partial charge is 0.335 e. The van der Waals surface area contributed by atoms with Gasteiger partial charge in [0, 0.05) is 5.56 Å². The van der Waals surface area contributed by atoms with Gasteiger partial charge in [-0.25, -0.2) is 4.98 Å². The predicted molar refractivity (Wildman–Crippen MR) is 125 cm³/mol. The molecule has 0 unspecified atom stereocenters. The molecular weight excluding hydrogens is 416 g/mol. The molecular formula is C26H20N4O3. The lowest BCUT2D eigenvalue weighted by molar-refractivity contribution is -0.121. The number of fused-ring (bicyclic) bond motifs is 2. The Kier molecular flexibility index (Phi) is 5.28. The van der Waals surface area contributed by atoms with Crippen LogP contribution in [0.1, 0.15) is 21.6 Å². The van der Waals surface area contributed by atoms with Gasteiger partial charge < -0.3 is 4.52 Å². The fraction of sp³-hybridized carbons (Fsp3) is 0.0769. The number of nitrogens with one attached hydrogen (secondary N) is 2. The molecule has 2 N–H and O–H groups in total. The second kappa shape index (κ2) is 8.55. The monoisotopic (exact) mass is 436 g/mol. The number of benzene rings is 3. The smallest absolute Gasteiger partial charge is 0.270 e. The molecule has 3 aromatic carbocycles. The Hall–Kier alpha value is -4.52. The molecule has 0 aliphatic carbocycles. The molecule has 7 heteroatoms. The molecule has 0 atom stereocenters. The fourth-order valence-electron chi connectivity index (χ4n) is 3.89. The lowest BCUT2D eigenvalue weighted by Gasteiger charge is -2.10. The zero-order chi connectivity index (χ0) is 22.8. The van der Waals surface area contributed by atoms with Gasteiger partial charge in [0.2, 0.25) is 5.91 Å². The summed E-state index contributed by atoms with van der Waals surface area (Å²) in [5.74, 6) is -0.799. The molecule has 5 aromatic rings. The number of hydrogen-bond donors (Lipinski definition) is 2. The second-order valence-corrected chi connectivity index (χ2v) is 7.69. The Morgan fingerprint density at radius 2 is 1.67 bits per heavy atom. The molecule has 0 radical (unpaired) electrons. The van der Waals surface area contributed by atoms with E-state index in [0.29, 0.717) is 22.3 Å². The van der Waals surface area contributed by atoms with Crippen LogP contribution >= 0.6 is 0 Å². The van der Waals surface area contributed by atoms with Gasteiger partial charge in [0.15, 0.2) is 0 Å². The van der Waals surface area contributed by atoms with Crippen molar-refractivity contribution in [3.63, 3.8) is 0 Å². The van der Waals surface area contributed by atoms with Crippen molar-refractivity contribution in [2.45, 2.75) is 13.3 Å². The Balaban J connectivity index is 1.38. The Morgan fingerprint density at radius 1 is 0.909 bits per heavy atom. The van der Waals surface area contributed by atoms with Crippen molar-refractivity contribution in [2.75, 3.05) is 0 Å². The minimum atomic E-state index is -0.475. The lowest BCUT2D eigenvalue weighted by Crippen LogP contribution is -2.42. The van der Waals surface area contributed by atoms with Crippen molar-refractivity contribution in [3.05, 3.63) is 95.7 Å². The van der Waals surface area contributed by atoms with Crippen LogP contribution in [-0.2, 0) is 11.2 Å². The third-order valence-corrected chi connectivity index (χ3v) is 5.48. The van der Waals surface area contributed by atoms with E-state index in [1.54, 1.807) is 13.0 Å². The van der Waals surface area contributed by atoms with Gasteiger partial charge in [0.1, 0.15) is 0 Å². The number of carbonyl (C=O) groups excluding carboxylic acids is 2. The molecule has 2 heterocycles. The van der Waals surface area contributed by atoms with Crippen LogP contribution in [0.15, 0.2) is 83.4 Å². The van der Waals surface area contributed by atoms with Crippen molar-refractivity contribution in [3.8, 4) is 11.3 Å². The summed E-state index contributed by atoms with van der Waals surface area (Å²) in [5.41, 5.74) is 8.46. The van der Waals surface area contributed by atoms with Crippen molar-refractivity contribution < 1.29 is 14.1 Å². The highest BCUT2D eigenvalue weighted by Crippen LogP contribution is 2.27. The molecule has 0 aliphatic heterocycles. The summed E-state index contributed by atoms with van der Waals surface area (Å²) in [6.45, 7) is 1.74. The highest BCUT2D eigenvalue weighted by Gasteiger charge is 2.20. The molecule has 0 aliphatic rings. The molecule has 0 saturated heterocycles. The predicted octanol–water partition coefficient (Wildman–Crippen LogP) is 4.36. The molecule has 5 rings (SSSR count). The molecule has 0 fully saturated rings. The number of rotatable bonds is 4. The van der Waals surface area contributed by atoms with Gasteiger partial charge in [-0.1, -0.05) is 78.0 Å². The lowest BCUT2D eigenvalue weighted by atomic mass is 10.0. The molecule has 2 amide bonds. The van der Waals surface area contributed by atoms with Crippen LogP contribution < -0.4 is 10.9 Å². The van der Waals surface area contributed by atoms with Gasteiger partial charge in [0.05, 0.1) is 28.8 Å². The Labute approximate surface area is 189 Å². The van der Waals surface area contributed by atoms with Crippen LogP contribution in [0, 0.1) is 6.92 Å². The molecule has 0 bridgehead atoms. The van der Waals surface area contributed by atoms with E-state index >= 15 is 0 Å². The van der Waals surface area contributed by atoms with E-state index in [-0.39, 0.29) is 18.0 Å². The normalized spacial score (nSPS) is 10.9. The van der Waals surface area contributed by atoms with E-state index in [1.165, 1.54) is 0 Å². The number of aromatic nitrogens is 2. The van der Waals surface area contributed by atoms with Crippen LogP contribution in [0.2, 0.25) is 0 Å². The summed E-state index contributed by atoms with van der Waals surface area (Å²) < 4.78 is 5.32. The van der Waals surface area contributed by atoms with Crippen LogP contribution in [0.3, 0.4) is 0 Å². The van der Waals surface area contributed by atoms with E-state index in [9.17, 15) is 9.59 Å². The molecule has 33 heavy (non-hydrogen) atoms. The highest BCUT2D eigenvalue weighted by atomic mass is 16.5. The van der Waals surface area contributed by atoms with Crippen molar-refractivity contribution in [1.82, 2.24) is 21.0 Å². The molecule has 162 valence electrons. The van der Waals surface area contributed by atoms with E-state index in [4.69, 9.17) is 4.52 Å². The maximum atomic E-state index is 13.0. The van der Waals surface area contributed by atoms with Gasteiger partial charge >= 0.3 is 0 Å². The molecule has 0 spiro atoms. The second-order valence-electron chi connectivity index (χ2n) is 7.69. The molecule has 2 aromatic heterocycles. The van der Waals surface area contributed by atoms with Crippen LogP contribution in [0.25, 0.3) is 33.1 Å². The van der Waals surface area contributed by atoms with Crippen LogP contribution in [0.5, 0.6) is 0 Å². The summed E-state index contributed by atoms with van der Waals surface area (Å²) >= 11 is 0. The van der Waals surface area contributed by atoms with Gasteiger partial charge in [-0.3, -0.25) is 20.4 Å². The zero-order valence-electron chi connectivity index (χ0n) is 17.8. The third-order valence-electron chi connectivity index (χ3n) is 5.48. The first kappa shape index (κ1) is 20.4. The average molecular weight is 436 g/mol. The summed E-state index contributed by atoms with van der Waals surface area (Å²) in [6.07, 6.45) is 0.134. The number of hydrazine groups is 1. The number of hydrogen-bond acceptors (Lipinski definition) is 5. The van der Waals surface area contributed by atoms with Crippen molar-refractivity contribution in [2.24, 2.45) is 0 Å². The molecule has 7 nitrogen and oxygen atoms in total. The van der Waals surface area contributed by atoms with Gasteiger partial charge in [-0.15, -0.1) is 0 Å². The number of nitrogens with zero attached hydrogens (tertiary/aromatic N) is 2. The summed E-state index contributed by atoms with van der Waals surface area (Å²) in [5, 5.41) is 6.52. The number of amides is 2. The minimum absolute atomic E-state index is 0.134.